The zero-order valence-electron chi connectivity index (χ0n) is 81.2. The van der Waals surface area contributed by atoms with Crippen LogP contribution < -0.4 is 5.46 Å². The number of rotatable bonds is 10. The van der Waals surface area contributed by atoms with E-state index in [0.717, 1.165) is 48.8 Å². The molecule has 14 nitrogen and oxygen atoms in total. The number of nitrogens with zero attached hydrogens (tertiary/aromatic N) is 8. The fourth-order valence-electron chi connectivity index (χ4n) is 20.7. The summed E-state index contributed by atoms with van der Waals surface area (Å²) in [6.45, 7) is 2.17. The van der Waals surface area contributed by atoms with Gasteiger partial charge in [-0.15, -0.1) is 12.3 Å². The van der Waals surface area contributed by atoms with Crippen LogP contribution in [0.3, 0.4) is 0 Å². The van der Waals surface area contributed by atoms with Crippen LogP contribution in [-0.2, 0) is 6.42 Å². The Hall–Kier alpha value is -15.1. The zero-order chi connectivity index (χ0) is 104. The van der Waals surface area contributed by atoms with E-state index in [-0.39, 0.29) is 21.2 Å². The monoisotopic (exact) mass is 2450 g/mol. The van der Waals surface area contributed by atoms with E-state index in [1.807, 2.05) is 101 Å². The maximum atomic E-state index is 11.0. The van der Waals surface area contributed by atoms with Crippen LogP contribution in [0.1, 0.15) is 16.7 Å². The Labute approximate surface area is 932 Å². The molecule has 22 heteroatoms. The number of non-ortho nitro benzene ring substituents is 1. The summed E-state index contributed by atoms with van der Waals surface area (Å²) in [5.74, 6) is 0. The van der Waals surface area contributed by atoms with Gasteiger partial charge in [0.15, 0.2) is 0 Å². The van der Waals surface area contributed by atoms with Gasteiger partial charge in [0.25, 0.3) is 11.4 Å². The van der Waals surface area contributed by atoms with Gasteiger partial charge < -0.3 is 37.5 Å². The second kappa shape index (κ2) is 44.3. The molecule has 21 aromatic carbocycles. The predicted molar refractivity (Wildman–Crippen MR) is 656 cm³/mol. The maximum absolute atomic E-state index is 11.0. The fourth-order valence-corrected chi connectivity index (χ4v) is 23.9. The van der Waals surface area contributed by atoms with Gasteiger partial charge in [-0.3, -0.25) is 20.2 Å². The highest BCUT2D eigenvalue weighted by Gasteiger charge is 2.26. The van der Waals surface area contributed by atoms with Crippen LogP contribution in [0.15, 0.2) is 503 Å². The van der Waals surface area contributed by atoms with Crippen molar-refractivity contribution >= 4 is 276 Å². The van der Waals surface area contributed by atoms with Crippen LogP contribution in [0.25, 0.3) is 187 Å². The minimum Gasteiger partial charge on any atom is -0.423 e. The third-order valence-electron chi connectivity index (χ3n) is 27.3. The molecule has 1 aliphatic carbocycles. The standard InChI is InChI=1S/C30H19BrN2.C25H16BrN.C25H18BrN.C18H11IN2O2.C18H12N2O2.C6H6BBrO2.C6H5I.ClH/c31-25-13-8-16-29-30(25)24-19-21(17-18-28(24)32(29)20-9-2-1-3-10-20)33-26-14-6-4-11-22(26)23-12-5-7-15-27(23)33;26-22-9-5-6-17-14-16-12-13-18(15-21(16)25(17)22)27-23-10-3-1-7-19(23)20-8-2-4-11-24(20)27;1-17-14-15-18(16-22(17)19-8-2-5-11-23(19)26)27-24-12-6-3-9-20(24)21-10-4-7-13-25(21)27;19-15-11-12(9-10-18(15)21(22)23)20-16-7-3-1-5-13(16)14-6-2-4-8-17(14)20;21-20(22)14-11-9-13(10-12-14)19-17-7-3-1-5-15(17)16-6-2-4-8-18(16)19;8-6-4-2-1-3-5(6)7(9)10;7-6-4-2-1-3-5-6;/h1-19H;1-13,15H,14H2;2-16H,1H3;1-11H;1-12H;1-4,9-10H;1-5H;1H/i/hT. The molecule has 0 bridgehead atoms. The highest BCUT2D eigenvalue weighted by molar-refractivity contribution is 14.1. The number of nitro groups is 2. The molecule has 28 rings (SSSR count). The van der Waals surface area contributed by atoms with Gasteiger partial charge >= 0.3 is 7.12 Å². The molecule has 0 fully saturated rings. The quantitative estimate of drug-likeness (QED) is 0.0601. The van der Waals surface area contributed by atoms with Crippen molar-refractivity contribution < 1.29 is 19.9 Å². The van der Waals surface area contributed by atoms with Gasteiger partial charge in [0.1, 0.15) is 1.17 Å². The molecule has 0 atom stereocenters. The maximum Gasteiger partial charge on any atom is 0.489 e. The van der Waals surface area contributed by atoms with Gasteiger partial charge in [-0.1, -0.05) is 349 Å². The minimum atomic E-state index is -1.39. The summed E-state index contributed by atoms with van der Waals surface area (Å²) in [7, 11) is -1.39. The van der Waals surface area contributed by atoms with Crippen LogP contribution in [0.5, 0.6) is 0 Å². The third kappa shape index (κ3) is 19.7. The number of hydrogen-bond donors (Lipinski definition) is 2. The first-order chi connectivity index (χ1) is 73.9. The number of benzene rings is 21. The Morgan fingerprint density at radius 1 is 0.280 bits per heavy atom. The molecular weight excluding hydrogens is 2370 g/mol. The molecular formula is C128H88BBr4ClI2N8O6. The first kappa shape index (κ1) is 99.5. The highest BCUT2D eigenvalue weighted by atomic mass is 127. The second-order valence-electron chi connectivity index (χ2n) is 36.0. The Morgan fingerprint density at radius 2 is 0.600 bits per heavy atom. The van der Waals surface area contributed by atoms with Crippen LogP contribution >= 0.6 is 121 Å². The van der Waals surface area contributed by atoms with E-state index in [4.69, 9.17) is 11.2 Å². The van der Waals surface area contributed by atoms with Gasteiger partial charge in [-0.05, 0) is 285 Å². The van der Waals surface area contributed by atoms with E-state index in [9.17, 15) is 20.2 Å². The summed E-state index contributed by atoms with van der Waals surface area (Å²) in [5.41, 5.74) is 30.8. The smallest absolute Gasteiger partial charge is 0.423 e. The summed E-state index contributed by atoms with van der Waals surface area (Å²) >= 11 is 22.7. The number of nitro benzene ring substituents is 2. The molecule has 728 valence electrons. The average Bonchev–Trinajstić information content (AvgIpc) is 1.55. The molecule has 0 radical (unpaired) electrons. The summed E-state index contributed by atoms with van der Waals surface area (Å²) in [6.07, 6.45) is 1.01. The Balaban J connectivity index is 0.000000106. The normalized spacial score (nSPS) is 11.3. The minimum absolute atomic E-state index is 0.101. The van der Waals surface area contributed by atoms with Crippen molar-refractivity contribution in [2.45, 2.75) is 13.3 Å². The molecule has 0 aliphatic heterocycles. The summed E-state index contributed by atoms with van der Waals surface area (Å²) in [6, 6.07) is 166. The van der Waals surface area contributed by atoms with Gasteiger partial charge in [0.2, 0.25) is 0 Å². The molecule has 2 N–H and O–H groups in total. The van der Waals surface area contributed by atoms with Crippen LogP contribution in [0.4, 0.5) is 11.4 Å². The van der Waals surface area contributed by atoms with Crippen molar-refractivity contribution in [3.63, 3.8) is 0 Å². The van der Waals surface area contributed by atoms with E-state index in [2.05, 4.69) is 485 Å². The highest BCUT2D eigenvalue weighted by Crippen LogP contribution is 2.47. The summed E-state index contributed by atoms with van der Waals surface area (Å²) in [4.78, 5) is 21.1. The number of para-hydroxylation sites is 11. The molecule has 0 saturated heterocycles. The molecule has 0 amide bonds. The second-order valence-corrected chi connectivity index (χ2v) is 41.8. The molecule has 6 aromatic heterocycles. The summed E-state index contributed by atoms with van der Waals surface area (Å²) in [5, 5.41) is 54.2. The van der Waals surface area contributed by atoms with Crippen LogP contribution in [0.2, 0.25) is 0 Å². The van der Waals surface area contributed by atoms with Crippen molar-refractivity contribution in [3.05, 3.63) is 547 Å². The largest absolute Gasteiger partial charge is 0.489 e. The van der Waals surface area contributed by atoms with E-state index < -0.39 is 7.12 Å². The molecule has 0 unspecified atom stereocenters. The third-order valence-corrected chi connectivity index (χ3v) is 31.6. The van der Waals surface area contributed by atoms with Crippen LogP contribution in [-0.4, -0.2) is 55.6 Å². The van der Waals surface area contributed by atoms with Gasteiger partial charge in [0.05, 0.1) is 79.6 Å². The Bertz CT molecular complexity index is 9460. The van der Waals surface area contributed by atoms with E-state index in [1.54, 1.807) is 54.6 Å². The topological polar surface area (TPSA) is 156 Å². The first-order valence-corrected chi connectivity index (χ1v) is 53.7. The molecule has 6 heterocycles. The molecule has 0 saturated carbocycles. The van der Waals surface area contributed by atoms with Gasteiger partial charge in [-0.2, -0.15) is 0 Å². The number of aryl methyl sites for hydroxylation is 1. The number of halogens is 7. The van der Waals surface area contributed by atoms with Crippen molar-refractivity contribution in [1.29, 1.82) is 1.17 Å². The molecule has 1 aliphatic rings. The SMILES string of the molecule is Brc1cccc2c1-c1cc(-n3c4ccccc4c4ccccc43)ccc1C2.Brc1cccc2c1c1cc(-n3c4ccccc4c4ccccc43)ccc1n2-c1ccccc1.Cc1ccc(-n2c3ccccc3c3ccccc32)cc1-c1ccccc1Br.Ic1ccccc1.O=[N+]([O-])c1ccc(-n2c3ccccc3c3ccccc32)cc1.O=[N+]([O-])c1ccc(-n2c3ccccc3c3ccccc32)cc1I.OB(O)c1ccccc1Br.[3H]Cl. The Kier molecular flexibility index (Phi) is 29.4. The van der Waals surface area contributed by atoms with E-state index >= 15 is 0 Å². The summed E-state index contributed by atoms with van der Waals surface area (Å²) < 4.78 is 25.0. The number of hydrogen-bond acceptors (Lipinski definition) is 6. The van der Waals surface area contributed by atoms with E-state index in [0.29, 0.717) is 13.5 Å². The van der Waals surface area contributed by atoms with Gasteiger partial charge in [0, 0.05) is 138 Å². The predicted octanol–water partition coefficient (Wildman–Crippen LogP) is 36.1. The van der Waals surface area contributed by atoms with Crippen molar-refractivity contribution in [3.8, 4) is 56.4 Å². The number of aromatic nitrogens is 6. The lowest BCUT2D eigenvalue weighted by Crippen LogP contribution is -2.30. The van der Waals surface area contributed by atoms with Crippen molar-refractivity contribution in [2.75, 3.05) is 0 Å². The lowest BCUT2D eigenvalue weighted by atomic mass is 9.80. The lowest BCUT2D eigenvalue weighted by molar-refractivity contribution is -0.385. The molecule has 150 heavy (non-hydrogen) atoms. The van der Waals surface area contributed by atoms with E-state index in [1.165, 1.54) is 179 Å². The Morgan fingerprint density at radius 3 is 1.01 bits per heavy atom. The van der Waals surface area contributed by atoms with Gasteiger partial charge in [-0.25, -0.2) is 0 Å². The molecule has 27 aromatic rings. The number of fused-ring (bicyclic) bond motifs is 21. The van der Waals surface area contributed by atoms with Crippen molar-refractivity contribution in [1.82, 2.24) is 27.4 Å². The zero-order valence-corrected chi connectivity index (χ0v) is 91.6. The lowest BCUT2D eigenvalue weighted by Gasteiger charge is -2.13. The fraction of sp³-hybridized carbons (Fsp3) is 0.0156. The van der Waals surface area contributed by atoms with Crippen LogP contribution in [0, 0.1) is 34.3 Å². The molecule has 0 spiro atoms. The first-order valence-electron chi connectivity index (χ1n) is 48.7. The van der Waals surface area contributed by atoms with Crippen molar-refractivity contribution in [2.24, 2.45) is 0 Å². The average molecular weight is 2460 g/mol.